The van der Waals surface area contributed by atoms with Gasteiger partial charge >= 0.3 is 0 Å². The first-order valence-electron chi connectivity index (χ1n) is 3.96. The molecule has 0 aromatic carbocycles. The Morgan fingerprint density at radius 1 is 1.42 bits per heavy atom. The van der Waals surface area contributed by atoms with Gasteiger partial charge in [0.15, 0.2) is 5.78 Å². The molecule has 0 unspecified atom stereocenters. The lowest BCUT2D eigenvalue weighted by molar-refractivity contribution is -0.113. The van der Waals surface area contributed by atoms with Gasteiger partial charge in [-0.2, -0.15) is 0 Å². The van der Waals surface area contributed by atoms with Gasteiger partial charge in [-0.05, 0) is 31.4 Å². The summed E-state index contributed by atoms with van der Waals surface area (Å²) in [4.78, 5) is 10.9. The van der Waals surface area contributed by atoms with Gasteiger partial charge in [-0.3, -0.25) is 4.79 Å². The fourth-order valence-corrected chi connectivity index (χ4v) is 0.758. The number of terminal acetylenes is 1. The van der Waals surface area contributed by atoms with Crippen LogP contribution in [-0.2, 0) is 4.79 Å². The molecule has 0 aromatic rings. The molecule has 0 saturated heterocycles. The van der Waals surface area contributed by atoms with Crippen LogP contribution in [0.3, 0.4) is 0 Å². The van der Waals surface area contributed by atoms with Crippen molar-refractivity contribution in [1.29, 1.82) is 0 Å². The van der Waals surface area contributed by atoms with Crippen molar-refractivity contribution in [1.82, 2.24) is 0 Å². The van der Waals surface area contributed by atoms with Crippen molar-refractivity contribution in [2.45, 2.75) is 27.2 Å². The largest absolute Gasteiger partial charge is 0.295 e. The van der Waals surface area contributed by atoms with Gasteiger partial charge in [0.2, 0.25) is 0 Å². The summed E-state index contributed by atoms with van der Waals surface area (Å²) in [6.07, 6.45) is 9.48. The topological polar surface area (TPSA) is 17.1 Å². The lowest BCUT2D eigenvalue weighted by Crippen LogP contribution is -1.93. The Morgan fingerprint density at radius 3 is 2.33 bits per heavy atom. The van der Waals surface area contributed by atoms with Gasteiger partial charge in [-0.1, -0.05) is 25.0 Å². The van der Waals surface area contributed by atoms with Gasteiger partial charge in [-0.15, -0.1) is 6.42 Å². The minimum absolute atomic E-state index is 0.110. The lowest BCUT2D eigenvalue weighted by Gasteiger charge is -1.95. The second-order valence-electron chi connectivity index (χ2n) is 2.60. The standard InChI is InChI=1S/C11H14O/c1-5-9(3)7-8-11(6-2)10(4)12/h1,7-8H,6H2,2-4H3/b9-7+,11-8+. The zero-order valence-electron chi connectivity index (χ0n) is 7.85. The summed E-state index contributed by atoms with van der Waals surface area (Å²) in [5.74, 6) is 2.60. The van der Waals surface area contributed by atoms with Gasteiger partial charge in [-0.25, -0.2) is 0 Å². The number of Topliss-reactive ketones (excluding diaryl/α,β-unsaturated/α-hetero) is 1. The van der Waals surface area contributed by atoms with Crippen molar-refractivity contribution in [2.75, 3.05) is 0 Å². The Bertz CT molecular complexity index is 261. The molecule has 0 radical (unpaired) electrons. The zero-order chi connectivity index (χ0) is 9.56. The summed E-state index contributed by atoms with van der Waals surface area (Å²) in [7, 11) is 0. The highest BCUT2D eigenvalue weighted by Gasteiger charge is 1.97. The highest BCUT2D eigenvalue weighted by Crippen LogP contribution is 2.03. The number of allylic oxidation sites excluding steroid dienone is 4. The van der Waals surface area contributed by atoms with Crippen molar-refractivity contribution in [3.63, 3.8) is 0 Å². The van der Waals surface area contributed by atoms with E-state index < -0.39 is 0 Å². The molecule has 0 atom stereocenters. The van der Waals surface area contributed by atoms with Crippen molar-refractivity contribution >= 4 is 5.78 Å². The average Bonchev–Trinajstić information content (AvgIpc) is 2.04. The van der Waals surface area contributed by atoms with Crippen LogP contribution >= 0.6 is 0 Å². The van der Waals surface area contributed by atoms with Crippen molar-refractivity contribution in [3.8, 4) is 12.3 Å². The number of hydrogen-bond donors (Lipinski definition) is 0. The number of rotatable bonds is 3. The predicted octanol–water partition coefficient (Wildman–Crippen LogP) is 2.49. The molecule has 0 bridgehead atoms. The van der Waals surface area contributed by atoms with Crippen molar-refractivity contribution < 1.29 is 4.79 Å². The van der Waals surface area contributed by atoms with E-state index in [2.05, 4.69) is 5.92 Å². The van der Waals surface area contributed by atoms with Crippen molar-refractivity contribution in [3.05, 3.63) is 23.3 Å². The van der Waals surface area contributed by atoms with Gasteiger partial charge in [0.1, 0.15) is 0 Å². The van der Waals surface area contributed by atoms with E-state index in [-0.39, 0.29) is 5.78 Å². The quantitative estimate of drug-likeness (QED) is 0.354. The summed E-state index contributed by atoms with van der Waals surface area (Å²) < 4.78 is 0. The van der Waals surface area contributed by atoms with E-state index in [0.717, 1.165) is 17.6 Å². The van der Waals surface area contributed by atoms with Gasteiger partial charge in [0, 0.05) is 0 Å². The molecule has 0 aliphatic rings. The van der Waals surface area contributed by atoms with E-state index in [1.807, 2.05) is 13.8 Å². The Kier molecular flexibility index (Phi) is 4.79. The molecule has 1 heteroatoms. The van der Waals surface area contributed by atoms with Gasteiger partial charge < -0.3 is 0 Å². The molecule has 0 heterocycles. The molecule has 0 rings (SSSR count). The summed E-state index contributed by atoms with van der Waals surface area (Å²) in [5.41, 5.74) is 1.65. The maximum Gasteiger partial charge on any atom is 0.155 e. The third-order valence-corrected chi connectivity index (χ3v) is 1.60. The SMILES string of the molecule is C#C/C(C)=C/C=C(\CC)C(C)=O. The Labute approximate surface area is 74.2 Å². The van der Waals surface area contributed by atoms with Crippen LogP contribution in [0.2, 0.25) is 0 Å². The fraction of sp³-hybridized carbons (Fsp3) is 0.364. The van der Waals surface area contributed by atoms with Crippen LogP contribution in [0, 0.1) is 12.3 Å². The Morgan fingerprint density at radius 2 is 2.00 bits per heavy atom. The zero-order valence-corrected chi connectivity index (χ0v) is 7.85. The molecule has 64 valence electrons. The summed E-state index contributed by atoms with van der Waals surface area (Å²) in [6, 6.07) is 0. The second-order valence-corrected chi connectivity index (χ2v) is 2.60. The van der Waals surface area contributed by atoms with Crippen LogP contribution in [-0.4, -0.2) is 5.78 Å². The highest BCUT2D eigenvalue weighted by molar-refractivity contribution is 5.93. The smallest absolute Gasteiger partial charge is 0.155 e. The Hall–Kier alpha value is -1.29. The summed E-state index contributed by atoms with van der Waals surface area (Å²) in [5, 5.41) is 0. The maximum absolute atomic E-state index is 10.9. The summed E-state index contributed by atoms with van der Waals surface area (Å²) >= 11 is 0. The molecular formula is C11H14O. The molecule has 1 nitrogen and oxygen atoms in total. The number of hydrogen-bond acceptors (Lipinski definition) is 1. The normalized spacial score (nSPS) is 12.5. The molecule has 0 saturated carbocycles. The molecule has 0 aromatic heterocycles. The number of carbonyl (C=O) groups is 1. The third kappa shape index (κ3) is 3.78. The minimum atomic E-state index is 0.110. The van der Waals surface area contributed by atoms with E-state index >= 15 is 0 Å². The molecular weight excluding hydrogens is 148 g/mol. The first-order valence-corrected chi connectivity index (χ1v) is 3.96. The molecule has 0 N–H and O–H groups in total. The van der Waals surface area contributed by atoms with Crippen LogP contribution in [0.4, 0.5) is 0 Å². The average molecular weight is 162 g/mol. The van der Waals surface area contributed by atoms with E-state index in [1.54, 1.807) is 19.1 Å². The number of carbonyl (C=O) groups excluding carboxylic acids is 1. The van der Waals surface area contributed by atoms with Crippen LogP contribution in [0.5, 0.6) is 0 Å². The minimum Gasteiger partial charge on any atom is -0.295 e. The molecule has 0 aliphatic carbocycles. The first-order chi connectivity index (χ1) is 5.61. The van der Waals surface area contributed by atoms with E-state index in [4.69, 9.17) is 6.42 Å². The highest BCUT2D eigenvalue weighted by atomic mass is 16.1. The van der Waals surface area contributed by atoms with Crippen LogP contribution < -0.4 is 0 Å². The van der Waals surface area contributed by atoms with Gasteiger partial charge in [0.05, 0.1) is 0 Å². The third-order valence-electron chi connectivity index (χ3n) is 1.60. The van der Waals surface area contributed by atoms with Gasteiger partial charge in [0.25, 0.3) is 0 Å². The van der Waals surface area contributed by atoms with E-state index in [9.17, 15) is 4.79 Å². The molecule has 0 spiro atoms. The van der Waals surface area contributed by atoms with E-state index in [0.29, 0.717) is 0 Å². The first kappa shape index (κ1) is 10.7. The maximum atomic E-state index is 10.9. The van der Waals surface area contributed by atoms with Crippen LogP contribution in [0.25, 0.3) is 0 Å². The predicted molar refractivity (Wildman–Crippen MR) is 51.6 cm³/mol. The van der Waals surface area contributed by atoms with Crippen LogP contribution in [0.1, 0.15) is 27.2 Å². The summed E-state index contributed by atoms with van der Waals surface area (Å²) in [6.45, 7) is 5.35. The van der Waals surface area contributed by atoms with Crippen molar-refractivity contribution in [2.24, 2.45) is 0 Å². The number of ketones is 1. The van der Waals surface area contributed by atoms with E-state index in [1.165, 1.54) is 0 Å². The monoisotopic (exact) mass is 162 g/mol. The lowest BCUT2D eigenvalue weighted by atomic mass is 10.1. The van der Waals surface area contributed by atoms with Crippen LogP contribution in [0.15, 0.2) is 23.3 Å². The fourth-order valence-electron chi connectivity index (χ4n) is 0.758. The second kappa shape index (κ2) is 5.37. The molecule has 12 heavy (non-hydrogen) atoms. The Balaban J connectivity index is 4.54. The molecule has 0 amide bonds. The molecule has 0 fully saturated rings. The molecule has 0 aliphatic heterocycles.